The molecule has 2 atom stereocenters. The molecule has 0 saturated carbocycles. The number of nitrogens with one attached hydrogen (secondary N) is 1. The lowest BCUT2D eigenvalue weighted by Crippen LogP contribution is -2.23. The van der Waals surface area contributed by atoms with E-state index in [-0.39, 0.29) is 18.0 Å². The minimum Gasteiger partial charge on any atom is -0.496 e. The van der Waals surface area contributed by atoms with E-state index in [4.69, 9.17) is 9.47 Å². The second-order valence-corrected chi connectivity index (χ2v) is 9.21. The Morgan fingerprint density at radius 1 is 1.29 bits per heavy atom. The van der Waals surface area contributed by atoms with Gasteiger partial charge in [-0.2, -0.15) is 0 Å². The average molecular weight is 477 g/mol. The molecule has 5 rings (SSSR count). The minimum atomic E-state index is -0.261. The average Bonchev–Trinajstić information content (AvgIpc) is 3.43. The number of ether oxygens (including phenoxy) is 2. The van der Waals surface area contributed by atoms with Crippen LogP contribution in [0.4, 0.5) is 15.9 Å². The summed E-state index contributed by atoms with van der Waals surface area (Å²) in [5.74, 6) is 1.55. The maximum Gasteiger partial charge on any atom is 0.159 e. The Bertz CT molecular complexity index is 1270. The quantitative estimate of drug-likeness (QED) is 0.488. The second-order valence-electron chi connectivity index (χ2n) is 9.21. The van der Waals surface area contributed by atoms with E-state index in [0.717, 1.165) is 49.3 Å². The summed E-state index contributed by atoms with van der Waals surface area (Å²) in [5, 5.41) is 4.00. The van der Waals surface area contributed by atoms with E-state index in [1.807, 2.05) is 18.2 Å². The summed E-state index contributed by atoms with van der Waals surface area (Å²) in [5.41, 5.74) is 2.70. The zero-order valence-corrected chi connectivity index (χ0v) is 20.0. The van der Waals surface area contributed by atoms with E-state index < -0.39 is 0 Å². The van der Waals surface area contributed by atoms with Gasteiger partial charge in [-0.1, -0.05) is 6.08 Å². The number of allylic oxidation sites excluding steroid dienone is 1. The van der Waals surface area contributed by atoms with E-state index in [1.54, 1.807) is 32.2 Å². The van der Waals surface area contributed by atoms with Gasteiger partial charge in [0.2, 0.25) is 0 Å². The normalized spacial score (nSPS) is 20.0. The molecule has 0 bridgehead atoms. The highest BCUT2D eigenvalue weighted by Crippen LogP contribution is 2.31. The third-order valence-corrected chi connectivity index (χ3v) is 6.77. The van der Waals surface area contributed by atoms with Gasteiger partial charge in [0.25, 0.3) is 0 Å². The highest BCUT2D eigenvalue weighted by molar-refractivity contribution is 5.96. The predicted molar refractivity (Wildman–Crippen MR) is 133 cm³/mol. The molecule has 2 aromatic carbocycles. The summed E-state index contributed by atoms with van der Waals surface area (Å²) in [6, 6.07) is 8.50. The number of ketones is 1. The van der Waals surface area contributed by atoms with Gasteiger partial charge in [0, 0.05) is 61.3 Å². The van der Waals surface area contributed by atoms with Crippen molar-refractivity contribution < 1.29 is 18.7 Å². The molecule has 1 aromatic heterocycles. The minimum absolute atomic E-state index is 0.00110. The molecule has 0 spiro atoms. The Morgan fingerprint density at radius 3 is 2.97 bits per heavy atom. The Balaban J connectivity index is 1.31. The number of anilines is 2. The lowest BCUT2D eigenvalue weighted by molar-refractivity contribution is -0.114. The largest absolute Gasteiger partial charge is 0.496 e. The van der Waals surface area contributed by atoms with Crippen LogP contribution in [-0.2, 0) is 16.0 Å². The van der Waals surface area contributed by atoms with Crippen LogP contribution in [0.2, 0.25) is 0 Å². The molecule has 1 N–H and O–H groups in total. The number of rotatable bonds is 8. The molecule has 2 unspecified atom stereocenters. The summed E-state index contributed by atoms with van der Waals surface area (Å²) in [4.78, 5) is 23.8. The lowest BCUT2D eigenvalue weighted by Gasteiger charge is -2.14. The van der Waals surface area contributed by atoms with Crippen LogP contribution in [0.1, 0.15) is 17.5 Å². The van der Waals surface area contributed by atoms with Crippen molar-refractivity contribution in [3.8, 4) is 5.75 Å². The van der Waals surface area contributed by atoms with Crippen molar-refractivity contribution in [2.75, 3.05) is 38.7 Å². The number of methoxy groups -OCH3 is 1. The number of aryl methyl sites for hydroxylation is 1. The number of aromatic nitrogens is 2. The molecule has 7 nitrogen and oxygen atoms in total. The van der Waals surface area contributed by atoms with E-state index in [2.05, 4.69) is 20.2 Å². The smallest absolute Gasteiger partial charge is 0.159 e. The van der Waals surface area contributed by atoms with Crippen molar-refractivity contribution in [3.63, 3.8) is 0 Å². The summed E-state index contributed by atoms with van der Waals surface area (Å²) < 4.78 is 25.0. The standard InChI is InChI=1S/C27H29FN4O3/c1-17-10-20(5-6-23(17)28)31-27-22-12-19(25(34-2)13-24(22)29-16-30-27)11-21(33)4-3-8-32-14-18-7-9-35-26(18)15-32/h3-6,10,12-13,16,18,26H,7-9,11,14-15H2,1-2H3,(H,29,30,31)/b4-3+. The van der Waals surface area contributed by atoms with E-state index in [0.29, 0.717) is 34.7 Å². The van der Waals surface area contributed by atoms with Crippen molar-refractivity contribution in [1.29, 1.82) is 0 Å². The van der Waals surface area contributed by atoms with Crippen LogP contribution in [0, 0.1) is 18.7 Å². The summed E-state index contributed by atoms with van der Waals surface area (Å²) in [6.45, 7) is 5.30. The monoisotopic (exact) mass is 476 g/mol. The van der Waals surface area contributed by atoms with Crippen LogP contribution in [0.15, 0.2) is 48.8 Å². The van der Waals surface area contributed by atoms with Gasteiger partial charge in [-0.3, -0.25) is 9.69 Å². The van der Waals surface area contributed by atoms with Crippen LogP contribution in [0.5, 0.6) is 5.75 Å². The number of hydrogen-bond donors (Lipinski definition) is 1. The molecule has 0 aliphatic carbocycles. The van der Waals surface area contributed by atoms with Gasteiger partial charge >= 0.3 is 0 Å². The van der Waals surface area contributed by atoms with Gasteiger partial charge in [0.15, 0.2) is 5.78 Å². The van der Waals surface area contributed by atoms with Gasteiger partial charge in [-0.05, 0) is 49.2 Å². The summed E-state index contributed by atoms with van der Waals surface area (Å²) in [7, 11) is 1.58. The number of carbonyl (C=O) groups is 1. The molecule has 2 fully saturated rings. The lowest BCUT2D eigenvalue weighted by atomic mass is 10.0. The van der Waals surface area contributed by atoms with E-state index in [9.17, 15) is 9.18 Å². The fourth-order valence-electron chi connectivity index (χ4n) is 4.91. The van der Waals surface area contributed by atoms with Crippen molar-refractivity contribution in [2.45, 2.75) is 25.9 Å². The third kappa shape index (κ3) is 5.18. The Labute approximate surface area is 204 Å². The molecule has 0 amide bonds. The molecular weight excluding hydrogens is 447 g/mol. The maximum atomic E-state index is 13.7. The summed E-state index contributed by atoms with van der Waals surface area (Å²) in [6.07, 6.45) is 6.74. The Morgan fingerprint density at radius 2 is 2.17 bits per heavy atom. The number of nitrogens with zero attached hydrogens (tertiary/aromatic N) is 3. The van der Waals surface area contributed by atoms with Crippen molar-refractivity contribution in [1.82, 2.24) is 14.9 Å². The van der Waals surface area contributed by atoms with Crippen LogP contribution < -0.4 is 10.1 Å². The molecular formula is C27H29FN4O3. The van der Waals surface area contributed by atoms with Crippen LogP contribution in [-0.4, -0.2) is 60.1 Å². The Hall–Kier alpha value is -3.36. The number of halogens is 1. The molecule has 3 aromatic rings. The molecule has 3 heterocycles. The molecule has 2 aliphatic rings. The molecule has 35 heavy (non-hydrogen) atoms. The molecule has 182 valence electrons. The first-order valence-electron chi connectivity index (χ1n) is 11.9. The first-order chi connectivity index (χ1) is 17.0. The van der Waals surface area contributed by atoms with Gasteiger partial charge < -0.3 is 14.8 Å². The number of likely N-dealkylation sites (tertiary alicyclic amines) is 1. The van der Waals surface area contributed by atoms with Crippen molar-refractivity contribution in [3.05, 3.63) is 65.8 Å². The van der Waals surface area contributed by atoms with Crippen molar-refractivity contribution in [2.24, 2.45) is 5.92 Å². The predicted octanol–water partition coefficient (Wildman–Crippen LogP) is 4.22. The third-order valence-electron chi connectivity index (χ3n) is 6.77. The van der Waals surface area contributed by atoms with E-state index in [1.165, 1.54) is 12.4 Å². The SMILES string of the molecule is COc1cc2ncnc(Nc3ccc(F)c(C)c3)c2cc1CC(=O)/C=C/CN1CC2CCOC2C1. The van der Waals surface area contributed by atoms with E-state index >= 15 is 0 Å². The number of carbonyl (C=O) groups excluding carboxylic acids is 1. The topological polar surface area (TPSA) is 76.6 Å². The second kappa shape index (κ2) is 10.1. The van der Waals surface area contributed by atoms with Gasteiger partial charge in [-0.15, -0.1) is 0 Å². The number of fused-ring (bicyclic) bond motifs is 2. The Kier molecular flexibility index (Phi) is 6.74. The first kappa shape index (κ1) is 23.4. The first-order valence-corrected chi connectivity index (χ1v) is 11.9. The van der Waals surface area contributed by atoms with Gasteiger partial charge in [0.05, 0.1) is 18.7 Å². The molecule has 2 saturated heterocycles. The maximum absolute atomic E-state index is 13.7. The highest BCUT2D eigenvalue weighted by Gasteiger charge is 2.36. The number of benzene rings is 2. The molecule has 2 aliphatic heterocycles. The fraction of sp³-hybridized carbons (Fsp3) is 0.370. The molecule has 0 radical (unpaired) electrons. The van der Waals surface area contributed by atoms with Crippen LogP contribution in [0.25, 0.3) is 10.9 Å². The van der Waals surface area contributed by atoms with Gasteiger partial charge in [-0.25, -0.2) is 14.4 Å². The van der Waals surface area contributed by atoms with Crippen LogP contribution in [0.3, 0.4) is 0 Å². The highest BCUT2D eigenvalue weighted by atomic mass is 19.1. The van der Waals surface area contributed by atoms with Crippen molar-refractivity contribution >= 4 is 28.2 Å². The zero-order chi connectivity index (χ0) is 24.4. The summed E-state index contributed by atoms with van der Waals surface area (Å²) >= 11 is 0. The number of hydrogen-bond acceptors (Lipinski definition) is 7. The zero-order valence-electron chi connectivity index (χ0n) is 20.0. The molecule has 8 heteroatoms. The fourth-order valence-corrected chi connectivity index (χ4v) is 4.91. The van der Waals surface area contributed by atoms with Crippen LogP contribution >= 0.6 is 0 Å². The van der Waals surface area contributed by atoms with Gasteiger partial charge in [0.1, 0.15) is 23.7 Å².